The molecule has 3 aromatic rings. The molecule has 0 heterocycles. The molecule has 0 aliphatic rings. The van der Waals surface area contributed by atoms with Crippen LogP contribution in [0.25, 0.3) is 6.08 Å². The highest BCUT2D eigenvalue weighted by Gasteiger charge is 2.16. The fourth-order valence-electron chi connectivity index (χ4n) is 2.53. The minimum atomic E-state index is -0.716. The number of rotatable bonds is 6. The van der Waals surface area contributed by atoms with E-state index in [2.05, 4.69) is 0 Å². The number of hydrogen-bond donors (Lipinski definition) is 0. The van der Waals surface area contributed by atoms with Crippen molar-refractivity contribution in [1.82, 2.24) is 0 Å². The lowest BCUT2D eigenvalue weighted by atomic mass is 10.1. The van der Waals surface area contributed by atoms with Gasteiger partial charge in [-0.2, -0.15) is 0 Å². The van der Waals surface area contributed by atoms with Crippen LogP contribution >= 0.6 is 0 Å². The van der Waals surface area contributed by atoms with Crippen molar-refractivity contribution in [3.63, 3.8) is 0 Å². The Morgan fingerprint density at radius 1 is 0.897 bits per heavy atom. The van der Waals surface area contributed by atoms with E-state index in [0.717, 1.165) is 12.1 Å². The van der Waals surface area contributed by atoms with Crippen molar-refractivity contribution in [2.45, 2.75) is 0 Å². The van der Waals surface area contributed by atoms with Gasteiger partial charge in [-0.15, -0.1) is 0 Å². The fraction of sp³-hybridized carbons (Fsp3) is 0.0435. The highest BCUT2D eigenvalue weighted by Crippen LogP contribution is 2.23. The van der Waals surface area contributed by atoms with Crippen molar-refractivity contribution in [3.05, 3.63) is 101 Å². The predicted molar refractivity (Wildman–Crippen MR) is 104 cm³/mol. The molecule has 0 radical (unpaired) electrons. The minimum absolute atomic E-state index is 0.0759. The Morgan fingerprint density at radius 3 is 2.34 bits per heavy atom. The van der Waals surface area contributed by atoms with E-state index in [1.54, 1.807) is 12.1 Å². The molecule has 0 unspecified atom stereocenters. The highest BCUT2D eigenvalue weighted by molar-refractivity contribution is 6.09. The maximum atomic E-state index is 13.7. The third-order valence-corrected chi connectivity index (χ3v) is 4.01. The summed E-state index contributed by atoms with van der Waals surface area (Å²) in [6, 6.07) is 15.1. The predicted octanol–water partition coefficient (Wildman–Crippen LogP) is 5.09. The van der Waals surface area contributed by atoms with Crippen LogP contribution < -0.4 is 9.47 Å². The molecule has 0 aromatic heterocycles. The molecule has 0 N–H and O–H groups in total. The van der Waals surface area contributed by atoms with Crippen LogP contribution in [-0.4, -0.2) is 18.9 Å². The lowest BCUT2D eigenvalue weighted by Gasteiger charge is -2.09. The smallest absolute Gasteiger partial charge is 0.343 e. The summed E-state index contributed by atoms with van der Waals surface area (Å²) < 4.78 is 37.0. The summed E-state index contributed by atoms with van der Waals surface area (Å²) >= 11 is 0. The Balaban J connectivity index is 1.84. The molecule has 4 nitrogen and oxygen atoms in total. The molecular formula is C23H16F2O4. The van der Waals surface area contributed by atoms with Gasteiger partial charge in [0.05, 0.1) is 18.2 Å². The topological polar surface area (TPSA) is 52.6 Å². The van der Waals surface area contributed by atoms with Gasteiger partial charge in [-0.05, 0) is 60.2 Å². The van der Waals surface area contributed by atoms with E-state index in [1.165, 1.54) is 61.7 Å². The van der Waals surface area contributed by atoms with Crippen molar-refractivity contribution >= 4 is 17.8 Å². The second-order valence-corrected chi connectivity index (χ2v) is 6.01. The summed E-state index contributed by atoms with van der Waals surface area (Å²) in [5.74, 6) is -1.94. The van der Waals surface area contributed by atoms with Gasteiger partial charge in [0.2, 0.25) is 0 Å². The van der Waals surface area contributed by atoms with Gasteiger partial charge in [0, 0.05) is 0 Å². The number of carbonyl (C=O) groups excluding carboxylic acids is 2. The molecule has 0 bridgehead atoms. The second kappa shape index (κ2) is 8.93. The lowest BCUT2D eigenvalue weighted by Crippen LogP contribution is -2.11. The quantitative estimate of drug-likeness (QED) is 0.253. The molecule has 29 heavy (non-hydrogen) atoms. The SMILES string of the molecule is COc1cccc(C(=O)Oc2ccc(F)cc2C(=O)C=Cc2ccc(F)cc2)c1. The number of esters is 1. The van der Waals surface area contributed by atoms with Crippen molar-refractivity contribution < 1.29 is 27.8 Å². The summed E-state index contributed by atoms with van der Waals surface area (Å²) in [6.45, 7) is 0. The lowest BCUT2D eigenvalue weighted by molar-refractivity contribution is 0.0732. The first-order chi connectivity index (χ1) is 14.0. The number of benzene rings is 3. The number of allylic oxidation sites excluding steroid dienone is 1. The van der Waals surface area contributed by atoms with Crippen LogP contribution in [0.1, 0.15) is 26.3 Å². The summed E-state index contributed by atoms with van der Waals surface area (Å²) in [5, 5.41) is 0. The van der Waals surface area contributed by atoms with E-state index in [4.69, 9.17) is 9.47 Å². The van der Waals surface area contributed by atoms with Gasteiger partial charge in [-0.1, -0.05) is 24.3 Å². The van der Waals surface area contributed by atoms with Crippen molar-refractivity contribution in [3.8, 4) is 11.5 Å². The van der Waals surface area contributed by atoms with Crippen LogP contribution in [0, 0.1) is 11.6 Å². The van der Waals surface area contributed by atoms with Crippen molar-refractivity contribution in [1.29, 1.82) is 0 Å². The monoisotopic (exact) mass is 394 g/mol. The van der Waals surface area contributed by atoms with E-state index in [-0.39, 0.29) is 16.9 Å². The van der Waals surface area contributed by atoms with E-state index >= 15 is 0 Å². The first-order valence-electron chi connectivity index (χ1n) is 8.60. The number of hydrogen-bond acceptors (Lipinski definition) is 4. The molecule has 0 aliphatic carbocycles. The summed E-state index contributed by atoms with van der Waals surface area (Å²) in [5.41, 5.74) is 0.694. The minimum Gasteiger partial charge on any atom is -0.497 e. The van der Waals surface area contributed by atoms with E-state index in [1.807, 2.05) is 0 Å². The first kappa shape index (κ1) is 19.9. The van der Waals surface area contributed by atoms with Gasteiger partial charge < -0.3 is 9.47 Å². The number of ether oxygens (including phenoxy) is 2. The zero-order valence-electron chi connectivity index (χ0n) is 15.4. The summed E-state index contributed by atoms with van der Waals surface area (Å²) in [7, 11) is 1.47. The van der Waals surface area contributed by atoms with Crippen molar-refractivity contribution in [2.75, 3.05) is 7.11 Å². The molecular weight excluding hydrogens is 378 g/mol. The molecule has 6 heteroatoms. The molecule has 146 valence electrons. The van der Waals surface area contributed by atoms with Gasteiger partial charge in [-0.25, -0.2) is 13.6 Å². The van der Waals surface area contributed by atoms with E-state index in [0.29, 0.717) is 11.3 Å². The zero-order valence-corrected chi connectivity index (χ0v) is 15.4. The van der Waals surface area contributed by atoms with Gasteiger partial charge in [0.15, 0.2) is 5.78 Å². The maximum absolute atomic E-state index is 13.7. The van der Waals surface area contributed by atoms with Crippen LogP contribution in [0.4, 0.5) is 8.78 Å². The van der Waals surface area contributed by atoms with E-state index in [9.17, 15) is 18.4 Å². The van der Waals surface area contributed by atoms with E-state index < -0.39 is 23.4 Å². The molecule has 3 aromatic carbocycles. The Hall–Kier alpha value is -3.80. The third kappa shape index (κ3) is 5.13. The van der Waals surface area contributed by atoms with Crippen molar-refractivity contribution in [2.24, 2.45) is 0 Å². The highest BCUT2D eigenvalue weighted by atomic mass is 19.1. The van der Waals surface area contributed by atoms with Gasteiger partial charge >= 0.3 is 5.97 Å². The molecule has 0 saturated heterocycles. The van der Waals surface area contributed by atoms with Gasteiger partial charge in [-0.3, -0.25) is 4.79 Å². The Morgan fingerprint density at radius 2 is 1.62 bits per heavy atom. The van der Waals surface area contributed by atoms with Crippen LogP contribution in [-0.2, 0) is 0 Å². The van der Waals surface area contributed by atoms with Crippen LogP contribution in [0.5, 0.6) is 11.5 Å². The molecule has 0 spiro atoms. The van der Waals surface area contributed by atoms with Crippen LogP contribution in [0.3, 0.4) is 0 Å². The summed E-state index contributed by atoms with van der Waals surface area (Å²) in [4.78, 5) is 25.0. The average Bonchev–Trinajstić information content (AvgIpc) is 2.74. The Kier molecular flexibility index (Phi) is 6.14. The molecule has 0 saturated carbocycles. The zero-order chi connectivity index (χ0) is 20.8. The molecule has 0 fully saturated rings. The molecule has 0 aliphatic heterocycles. The van der Waals surface area contributed by atoms with Crippen LogP contribution in [0.15, 0.2) is 72.8 Å². The fourth-order valence-corrected chi connectivity index (χ4v) is 2.53. The van der Waals surface area contributed by atoms with Crippen LogP contribution in [0.2, 0.25) is 0 Å². The normalized spacial score (nSPS) is 10.7. The maximum Gasteiger partial charge on any atom is 0.343 e. The number of ketones is 1. The Bertz CT molecular complexity index is 1070. The summed E-state index contributed by atoms with van der Waals surface area (Å²) in [6.07, 6.45) is 2.66. The molecule has 0 amide bonds. The largest absolute Gasteiger partial charge is 0.497 e. The van der Waals surface area contributed by atoms with Gasteiger partial charge in [0.1, 0.15) is 23.1 Å². The van der Waals surface area contributed by atoms with Gasteiger partial charge in [0.25, 0.3) is 0 Å². The third-order valence-electron chi connectivity index (χ3n) is 4.01. The molecule has 3 rings (SSSR count). The second-order valence-electron chi connectivity index (χ2n) is 6.01. The number of methoxy groups -OCH3 is 1. The molecule has 0 atom stereocenters. The first-order valence-corrected chi connectivity index (χ1v) is 8.60. The average molecular weight is 394 g/mol. The number of carbonyl (C=O) groups is 2. The Labute approximate surface area is 166 Å². The number of halogens is 2. The standard InChI is InChI=1S/C23H16F2O4/c1-28-19-4-2-3-16(13-19)23(27)29-22-12-10-18(25)14-20(22)21(26)11-7-15-5-8-17(24)9-6-15/h2-14H,1H3.